The van der Waals surface area contributed by atoms with E-state index in [1.54, 1.807) is 48.3 Å². The molecule has 0 radical (unpaired) electrons. The number of thioether (sulfide) groups is 2. The molecular formula is C36H36F2N8O5S2. The summed E-state index contributed by atoms with van der Waals surface area (Å²) >= 11 is 2.76. The van der Waals surface area contributed by atoms with Gasteiger partial charge in [-0.25, -0.2) is 43.4 Å². The van der Waals surface area contributed by atoms with E-state index in [1.807, 2.05) is 17.2 Å². The molecule has 2 aliphatic rings. The maximum Gasteiger partial charge on any atom is 0.291 e. The number of hydrogen-bond acceptors (Lipinski definition) is 11. The van der Waals surface area contributed by atoms with Crippen LogP contribution in [0.5, 0.6) is 0 Å². The molecule has 7 rings (SSSR count). The van der Waals surface area contributed by atoms with E-state index in [0.717, 1.165) is 0 Å². The molecule has 2 atom stereocenters. The van der Waals surface area contributed by atoms with Gasteiger partial charge in [0.05, 0.1) is 61.8 Å². The zero-order valence-corrected chi connectivity index (χ0v) is 30.9. The van der Waals surface area contributed by atoms with Gasteiger partial charge in [-0.1, -0.05) is 47.8 Å². The van der Waals surface area contributed by atoms with Gasteiger partial charge in [0.2, 0.25) is 5.91 Å². The molecule has 1 saturated heterocycles. The van der Waals surface area contributed by atoms with Crippen molar-refractivity contribution in [3.8, 4) is 22.5 Å². The number of benzene rings is 2. The van der Waals surface area contributed by atoms with Crippen molar-refractivity contribution < 1.29 is 27.8 Å². The minimum atomic E-state index is -0.389. The predicted molar refractivity (Wildman–Crippen MR) is 195 cm³/mol. The lowest BCUT2D eigenvalue weighted by Gasteiger charge is -2.27. The molecule has 5 aromatic rings. The minimum absolute atomic E-state index is 0.0559. The van der Waals surface area contributed by atoms with Crippen molar-refractivity contribution in [3.05, 3.63) is 106 Å². The standard InChI is InChI=1S/C18H19FN4O3S.C18H17FN4O2S/c1-26-14-10-22(16(24)9-12-3-5-13(19)6-4-12)23(11-14)17(25)15-7-8-20-18(21-15)27-2;1-25-13-9-22-16(14-7-8-20-18(21-14)26-2)15(17(24)23(22)10-13)11-3-5-12(19)6-4-11/h3-8,14H,9-11H2,1-2H3;3-8,13H,9-10H2,1-2H3. The lowest BCUT2D eigenvalue weighted by atomic mass is 10.0. The average molecular weight is 763 g/mol. The molecule has 17 heteroatoms. The van der Waals surface area contributed by atoms with Gasteiger partial charge < -0.3 is 9.47 Å². The average Bonchev–Trinajstić information content (AvgIpc) is 3.89. The number of rotatable bonds is 9. The van der Waals surface area contributed by atoms with Crippen molar-refractivity contribution in [2.45, 2.75) is 42.0 Å². The molecule has 0 saturated carbocycles. The SMILES string of the molecule is COC1CN(C(=O)Cc2ccc(F)cc2)N(C(=O)c2ccnc(SC)n2)C1.COC1Cn2c(-c3ccnc(SC)n3)c(-c3ccc(F)cc3)c(=O)n2C1. The third-order valence-corrected chi connectivity index (χ3v) is 9.84. The first-order chi connectivity index (χ1) is 25.6. The topological polar surface area (TPSA) is 138 Å². The van der Waals surface area contributed by atoms with Crippen LogP contribution in [-0.2, 0) is 33.8 Å². The number of carbonyl (C=O) groups is 2. The van der Waals surface area contributed by atoms with Crippen molar-refractivity contribution >= 4 is 35.3 Å². The first kappa shape index (κ1) is 37.8. The van der Waals surface area contributed by atoms with Crippen LogP contribution in [0.15, 0.2) is 88.2 Å². The Morgan fingerprint density at radius 3 is 1.96 bits per heavy atom. The van der Waals surface area contributed by atoms with E-state index in [2.05, 4.69) is 19.9 Å². The largest absolute Gasteiger partial charge is 0.378 e. The Bertz CT molecular complexity index is 2150. The van der Waals surface area contributed by atoms with Crippen LogP contribution in [0, 0.1) is 11.6 Å². The molecule has 1 fully saturated rings. The van der Waals surface area contributed by atoms with E-state index >= 15 is 0 Å². The minimum Gasteiger partial charge on any atom is -0.378 e. The van der Waals surface area contributed by atoms with Crippen LogP contribution in [0.4, 0.5) is 8.78 Å². The Morgan fingerprint density at radius 2 is 1.32 bits per heavy atom. The number of halogens is 2. The van der Waals surface area contributed by atoms with Gasteiger partial charge in [-0.05, 0) is 60.0 Å². The molecule has 5 heterocycles. The van der Waals surface area contributed by atoms with E-state index in [9.17, 15) is 23.2 Å². The highest BCUT2D eigenvalue weighted by molar-refractivity contribution is 7.98. The third-order valence-electron chi connectivity index (χ3n) is 8.72. The Kier molecular flexibility index (Phi) is 12.0. The smallest absolute Gasteiger partial charge is 0.291 e. The van der Waals surface area contributed by atoms with Crippen molar-refractivity contribution in [2.24, 2.45) is 0 Å². The fraction of sp³-hybridized carbons (Fsp3) is 0.306. The van der Waals surface area contributed by atoms with E-state index < -0.39 is 0 Å². The number of nitrogens with zero attached hydrogens (tertiary/aromatic N) is 8. The number of hydrazine groups is 1. The molecule has 53 heavy (non-hydrogen) atoms. The maximum absolute atomic E-state index is 13.4. The summed E-state index contributed by atoms with van der Waals surface area (Å²) in [5.41, 5.74) is 3.31. The molecule has 0 bridgehead atoms. The van der Waals surface area contributed by atoms with Crippen LogP contribution >= 0.6 is 23.5 Å². The number of fused-ring (bicyclic) bond motifs is 1. The second-order valence-corrected chi connectivity index (χ2v) is 13.5. The molecule has 13 nitrogen and oxygen atoms in total. The summed E-state index contributed by atoms with van der Waals surface area (Å²) in [6.07, 6.45) is 6.62. The highest BCUT2D eigenvalue weighted by Gasteiger charge is 2.38. The molecule has 0 aliphatic carbocycles. The van der Waals surface area contributed by atoms with Crippen LogP contribution in [-0.4, -0.2) is 103 Å². The summed E-state index contributed by atoms with van der Waals surface area (Å²) in [5, 5.41) is 3.84. The molecule has 2 aromatic carbocycles. The highest BCUT2D eigenvalue weighted by Crippen LogP contribution is 2.32. The van der Waals surface area contributed by atoms with Gasteiger partial charge >= 0.3 is 0 Å². The van der Waals surface area contributed by atoms with Gasteiger partial charge in [0.25, 0.3) is 11.5 Å². The van der Waals surface area contributed by atoms with Crippen LogP contribution in [0.25, 0.3) is 22.5 Å². The molecule has 0 N–H and O–H groups in total. The summed E-state index contributed by atoms with van der Waals surface area (Å²) in [7, 11) is 3.18. The summed E-state index contributed by atoms with van der Waals surface area (Å²) in [4.78, 5) is 55.9. The Hall–Kier alpha value is -4.97. The second-order valence-electron chi connectivity index (χ2n) is 11.9. The second kappa shape index (κ2) is 16.8. The molecule has 276 valence electrons. The molecule has 0 spiro atoms. The Labute approximate surface area is 312 Å². The van der Waals surface area contributed by atoms with E-state index in [0.29, 0.717) is 51.5 Å². The lowest BCUT2D eigenvalue weighted by molar-refractivity contribution is -0.139. The number of hydrogen-bond donors (Lipinski definition) is 0. The lowest BCUT2D eigenvalue weighted by Crippen LogP contribution is -2.45. The fourth-order valence-electron chi connectivity index (χ4n) is 6.04. The monoisotopic (exact) mass is 762 g/mol. The summed E-state index contributed by atoms with van der Waals surface area (Å²) in [6, 6.07) is 15.0. The van der Waals surface area contributed by atoms with Crippen LogP contribution in [0.3, 0.4) is 0 Å². The first-order valence-electron chi connectivity index (χ1n) is 16.4. The zero-order chi connectivity index (χ0) is 37.6. The van der Waals surface area contributed by atoms with Crippen LogP contribution < -0.4 is 5.56 Å². The summed E-state index contributed by atoms with van der Waals surface area (Å²) < 4.78 is 40.8. The number of carbonyl (C=O) groups excluding carboxylic acids is 2. The van der Waals surface area contributed by atoms with E-state index in [-0.39, 0.29) is 66.4 Å². The van der Waals surface area contributed by atoms with Gasteiger partial charge in [0.15, 0.2) is 10.3 Å². The zero-order valence-electron chi connectivity index (χ0n) is 29.3. The van der Waals surface area contributed by atoms with Crippen LogP contribution in [0.1, 0.15) is 16.1 Å². The maximum atomic E-state index is 13.4. The number of ether oxygens (including phenoxy) is 2. The summed E-state index contributed by atoms with van der Waals surface area (Å²) in [6.45, 7) is 1.55. The van der Waals surface area contributed by atoms with Crippen molar-refractivity contribution in [1.82, 2.24) is 39.3 Å². The Balaban J connectivity index is 0.000000181. The normalized spacial score (nSPS) is 16.3. The van der Waals surface area contributed by atoms with Gasteiger partial charge in [-0.15, -0.1) is 0 Å². The molecular weight excluding hydrogens is 727 g/mol. The van der Waals surface area contributed by atoms with Gasteiger partial charge in [0, 0.05) is 26.6 Å². The molecule has 3 aromatic heterocycles. The first-order valence-corrected chi connectivity index (χ1v) is 18.8. The molecule has 2 unspecified atom stereocenters. The molecule has 2 aliphatic heterocycles. The third kappa shape index (κ3) is 8.32. The van der Waals surface area contributed by atoms with E-state index in [1.165, 1.54) is 77.2 Å². The van der Waals surface area contributed by atoms with Gasteiger partial charge in [0.1, 0.15) is 17.3 Å². The number of methoxy groups -OCH3 is 2. The van der Waals surface area contributed by atoms with Gasteiger partial charge in [-0.2, -0.15) is 0 Å². The van der Waals surface area contributed by atoms with E-state index in [4.69, 9.17) is 9.47 Å². The fourth-order valence-corrected chi connectivity index (χ4v) is 6.75. The molecule has 2 amide bonds. The van der Waals surface area contributed by atoms with Crippen LogP contribution in [0.2, 0.25) is 0 Å². The quantitative estimate of drug-likeness (QED) is 0.156. The number of amides is 2. The van der Waals surface area contributed by atoms with Gasteiger partial charge in [-0.3, -0.25) is 19.1 Å². The predicted octanol–water partition coefficient (Wildman–Crippen LogP) is 4.46. The highest BCUT2D eigenvalue weighted by atomic mass is 32.2. The van der Waals surface area contributed by atoms with Crippen molar-refractivity contribution in [1.29, 1.82) is 0 Å². The number of aromatic nitrogens is 6. The van der Waals surface area contributed by atoms with Crippen molar-refractivity contribution in [3.63, 3.8) is 0 Å². The Morgan fingerprint density at radius 1 is 0.755 bits per heavy atom. The van der Waals surface area contributed by atoms with Crippen molar-refractivity contribution in [2.75, 3.05) is 39.8 Å². The summed E-state index contributed by atoms with van der Waals surface area (Å²) in [5.74, 6) is -1.36.